The fraction of sp³-hybridized carbons (Fsp3) is 0.409. The summed E-state index contributed by atoms with van der Waals surface area (Å²) in [5.41, 5.74) is 2.14. The van der Waals surface area contributed by atoms with Gasteiger partial charge in [0.1, 0.15) is 6.29 Å². The Balaban J connectivity index is 1.61. The van der Waals surface area contributed by atoms with Crippen molar-refractivity contribution in [2.75, 3.05) is 13.2 Å². The van der Waals surface area contributed by atoms with Crippen molar-refractivity contribution in [1.29, 1.82) is 0 Å². The van der Waals surface area contributed by atoms with Crippen molar-refractivity contribution in [3.8, 4) is 0 Å². The number of rotatable bonds is 8. The lowest BCUT2D eigenvalue weighted by molar-refractivity contribution is -0.259. The minimum absolute atomic E-state index is 0.0741. The number of ether oxygens (including phenoxy) is 3. The van der Waals surface area contributed by atoms with Gasteiger partial charge in [0.15, 0.2) is 6.29 Å². The van der Waals surface area contributed by atoms with Gasteiger partial charge in [-0.15, -0.1) is 0 Å². The molecule has 3 rings (SSSR count). The highest BCUT2D eigenvalue weighted by molar-refractivity contribution is 5.49. The van der Waals surface area contributed by atoms with Gasteiger partial charge in [-0.25, -0.2) is 0 Å². The molecule has 1 aliphatic heterocycles. The fourth-order valence-corrected chi connectivity index (χ4v) is 3.31. The molecule has 0 bridgehead atoms. The number of hydrogen-bond acceptors (Lipinski definition) is 4. The molecule has 0 amide bonds. The van der Waals surface area contributed by atoms with E-state index < -0.39 is 0 Å². The molecule has 26 heavy (non-hydrogen) atoms. The van der Waals surface area contributed by atoms with Crippen molar-refractivity contribution in [2.24, 2.45) is 11.8 Å². The van der Waals surface area contributed by atoms with Gasteiger partial charge in [-0.2, -0.15) is 0 Å². The first-order chi connectivity index (χ1) is 12.8. The third-order valence-electron chi connectivity index (χ3n) is 4.75. The molecule has 4 atom stereocenters. The maximum atomic E-state index is 11.0. The van der Waals surface area contributed by atoms with E-state index in [1.807, 2.05) is 60.7 Å². The van der Waals surface area contributed by atoms with Crippen LogP contribution < -0.4 is 0 Å². The first-order valence-corrected chi connectivity index (χ1v) is 9.15. The first kappa shape index (κ1) is 18.8. The lowest BCUT2D eigenvalue weighted by Crippen LogP contribution is -2.42. The largest absolute Gasteiger partial charge is 0.376 e. The molecule has 1 fully saturated rings. The summed E-state index contributed by atoms with van der Waals surface area (Å²) in [7, 11) is 0. The highest BCUT2D eigenvalue weighted by atomic mass is 16.7. The molecule has 0 aliphatic carbocycles. The molecule has 0 N–H and O–H groups in total. The number of carbonyl (C=O) groups is 1. The van der Waals surface area contributed by atoms with Crippen LogP contribution in [0, 0.1) is 11.8 Å². The Morgan fingerprint density at radius 1 is 1.12 bits per heavy atom. The maximum absolute atomic E-state index is 11.0. The molecule has 0 aromatic heterocycles. The van der Waals surface area contributed by atoms with Gasteiger partial charge in [0.05, 0.1) is 25.9 Å². The summed E-state index contributed by atoms with van der Waals surface area (Å²) >= 11 is 0. The van der Waals surface area contributed by atoms with E-state index in [0.29, 0.717) is 26.2 Å². The summed E-state index contributed by atoms with van der Waals surface area (Å²) < 4.78 is 18.1. The van der Waals surface area contributed by atoms with Crippen molar-refractivity contribution in [3.63, 3.8) is 0 Å². The van der Waals surface area contributed by atoms with E-state index in [9.17, 15) is 4.79 Å². The van der Waals surface area contributed by atoms with Crippen molar-refractivity contribution in [1.82, 2.24) is 0 Å². The van der Waals surface area contributed by atoms with Crippen LogP contribution in [0.15, 0.2) is 60.7 Å². The van der Waals surface area contributed by atoms with E-state index >= 15 is 0 Å². The van der Waals surface area contributed by atoms with Crippen LogP contribution >= 0.6 is 0 Å². The third kappa shape index (κ3) is 5.01. The van der Waals surface area contributed by atoms with Crippen LogP contribution in [-0.2, 0) is 25.6 Å². The van der Waals surface area contributed by atoms with Crippen LogP contribution in [0.5, 0.6) is 0 Å². The quantitative estimate of drug-likeness (QED) is 0.668. The standard InChI is InChI=1S/C22H26O4/c1-17(12-13-23)21-20(15-24-14-18-8-4-2-5-9-18)16-25-22(26-21)19-10-6-3-7-11-19/h2-11,13,17,20-22H,12,14-16H2,1H3/t17-,20+,21-,22+/m1/s1. The Morgan fingerprint density at radius 3 is 2.50 bits per heavy atom. The Bertz CT molecular complexity index is 656. The van der Waals surface area contributed by atoms with Gasteiger partial charge in [0, 0.05) is 17.9 Å². The summed E-state index contributed by atoms with van der Waals surface area (Å²) in [6.45, 7) is 3.72. The van der Waals surface area contributed by atoms with E-state index in [-0.39, 0.29) is 24.2 Å². The highest BCUT2D eigenvalue weighted by Gasteiger charge is 2.36. The predicted molar refractivity (Wildman–Crippen MR) is 99.4 cm³/mol. The van der Waals surface area contributed by atoms with Gasteiger partial charge in [-0.3, -0.25) is 0 Å². The topological polar surface area (TPSA) is 44.8 Å². The zero-order valence-electron chi connectivity index (χ0n) is 15.1. The molecule has 4 nitrogen and oxygen atoms in total. The number of hydrogen-bond donors (Lipinski definition) is 0. The molecular weight excluding hydrogens is 328 g/mol. The van der Waals surface area contributed by atoms with Gasteiger partial charge < -0.3 is 19.0 Å². The molecule has 2 aromatic rings. The highest BCUT2D eigenvalue weighted by Crippen LogP contribution is 2.33. The molecule has 0 spiro atoms. The Kier molecular flexibility index (Phi) is 6.95. The van der Waals surface area contributed by atoms with E-state index in [4.69, 9.17) is 14.2 Å². The summed E-state index contributed by atoms with van der Waals surface area (Å²) in [6.07, 6.45) is 0.972. The Hall–Kier alpha value is -2.01. The summed E-state index contributed by atoms with van der Waals surface area (Å²) in [5, 5.41) is 0. The molecule has 1 aliphatic rings. The maximum Gasteiger partial charge on any atom is 0.184 e. The normalized spacial score (nSPS) is 24.1. The minimum Gasteiger partial charge on any atom is -0.376 e. The van der Waals surface area contributed by atoms with E-state index in [1.165, 1.54) is 0 Å². The van der Waals surface area contributed by atoms with Crippen LogP contribution in [-0.4, -0.2) is 25.6 Å². The van der Waals surface area contributed by atoms with Crippen LogP contribution in [0.2, 0.25) is 0 Å². The molecule has 0 radical (unpaired) electrons. The van der Waals surface area contributed by atoms with Gasteiger partial charge in [-0.1, -0.05) is 67.6 Å². The van der Waals surface area contributed by atoms with E-state index in [0.717, 1.165) is 17.4 Å². The molecule has 0 saturated carbocycles. The second kappa shape index (κ2) is 9.62. The minimum atomic E-state index is -0.388. The van der Waals surface area contributed by atoms with Crippen molar-refractivity contribution < 1.29 is 19.0 Å². The number of benzene rings is 2. The average Bonchev–Trinajstić information content (AvgIpc) is 2.70. The molecule has 2 aromatic carbocycles. The molecule has 138 valence electrons. The van der Waals surface area contributed by atoms with Crippen LogP contribution in [0.4, 0.5) is 0 Å². The first-order valence-electron chi connectivity index (χ1n) is 9.15. The lowest BCUT2D eigenvalue weighted by atomic mass is 9.90. The van der Waals surface area contributed by atoms with Crippen molar-refractivity contribution >= 4 is 6.29 Å². The summed E-state index contributed by atoms with van der Waals surface area (Å²) in [4.78, 5) is 11.0. The van der Waals surface area contributed by atoms with Crippen LogP contribution in [0.25, 0.3) is 0 Å². The monoisotopic (exact) mass is 354 g/mol. The zero-order chi connectivity index (χ0) is 18.2. The predicted octanol–water partition coefficient (Wildman–Crippen LogP) is 4.16. The van der Waals surface area contributed by atoms with Crippen molar-refractivity contribution in [2.45, 2.75) is 32.3 Å². The van der Waals surface area contributed by atoms with E-state index in [1.54, 1.807) is 0 Å². The van der Waals surface area contributed by atoms with Gasteiger partial charge in [0.25, 0.3) is 0 Å². The van der Waals surface area contributed by atoms with Gasteiger partial charge in [-0.05, 0) is 11.5 Å². The van der Waals surface area contributed by atoms with Crippen LogP contribution in [0.1, 0.15) is 30.8 Å². The fourth-order valence-electron chi connectivity index (χ4n) is 3.31. The van der Waals surface area contributed by atoms with Crippen LogP contribution in [0.3, 0.4) is 0 Å². The van der Waals surface area contributed by atoms with Gasteiger partial charge >= 0.3 is 0 Å². The molecule has 0 unspecified atom stereocenters. The van der Waals surface area contributed by atoms with Crippen molar-refractivity contribution in [3.05, 3.63) is 71.8 Å². The molecule has 4 heteroatoms. The van der Waals surface area contributed by atoms with Gasteiger partial charge in [0.2, 0.25) is 0 Å². The Morgan fingerprint density at radius 2 is 1.81 bits per heavy atom. The molecular formula is C22H26O4. The second-order valence-electron chi connectivity index (χ2n) is 6.82. The Labute approximate surface area is 155 Å². The number of carbonyl (C=O) groups excluding carboxylic acids is 1. The van der Waals surface area contributed by atoms with E-state index in [2.05, 4.69) is 6.92 Å². The number of aldehydes is 1. The zero-order valence-corrected chi connectivity index (χ0v) is 15.1. The summed E-state index contributed by atoms with van der Waals surface area (Å²) in [6, 6.07) is 20.0. The molecule has 1 saturated heterocycles. The smallest absolute Gasteiger partial charge is 0.184 e. The average molecular weight is 354 g/mol. The summed E-state index contributed by atoms with van der Waals surface area (Å²) in [5.74, 6) is 0.224. The lowest BCUT2D eigenvalue weighted by Gasteiger charge is -2.39. The second-order valence-corrected chi connectivity index (χ2v) is 6.82. The third-order valence-corrected chi connectivity index (χ3v) is 4.75. The SMILES string of the molecule is C[C@H](CC=O)[C@H]1O[C@@H](c2ccccc2)OC[C@@H]1COCc1ccccc1. The molecule has 1 heterocycles.